The Bertz CT molecular complexity index is 370. The summed E-state index contributed by atoms with van der Waals surface area (Å²) in [6.07, 6.45) is 1.35. The maximum absolute atomic E-state index is 11.2. The smallest absolute Gasteiger partial charge is 0.248 e. The topological polar surface area (TPSA) is 69.4 Å². The summed E-state index contributed by atoms with van der Waals surface area (Å²) in [5.41, 5.74) is 5.52. The van der Waals surface area contributed by atoms with E-state index in [1.807, 2.05) is 6.92 Å². The molecule has 0 aliphatic carbocycles. The van der Waals surface area contributed by atoms with Gasteiger partial charge in [0, 0.05) is 12.0 Å². The number of benzene rings is 1. The van der Waals surface area contributed by atoms with Crippen LogP contribution in [-0.2, 0) is 4.79 Å². The first-order valence-electron chi connectivity index (χ1n) is 5.18. The van der Waals surface area contributed by atoms with E-state index in [1.165, 1.54) is 0 Å². The molecular formula is C12H15NO3. The lowest BCUT2D eigenvalue weighted by Gasteiger charge is -2.05. The van der Waals surface area contributed by atoms with Gasteiger partial charge in [0.05, 0.1) is 0 Å². The Balaban J connectivity index is 2.49. The molecule has 0 heterocycles. The second-order valence-electron chi connectivity index (χ2n) is 3.47. The zero-order valence-electron chi connectivity index (χ0n) is 9.23. The number of amides is 1. The fraction of sp³-hybridized carbons (Fsp3) is 0.333. The van der Waals surface area contributed by atoms with E-state index in [0.717, 1.165) is 6.42 Å². The predicted molar refractivity (Wildman–Crippen MR) is 60.4 cm³/mol. The van der Waals surface area contributed by atoms with Gasteiger partial charge in [0.25, 0.3) is 0 Å². The predicted octanol–water partition coefficient (Wildman–Crippen LogP) is 1.53. The Morgan fingerprint density at radius 1 is 1.25 bits per heavy atom. The van der Waals surface area contributed by atoms with Crippen molar-refractivity contribution in [2.45, 2.75) is 19.8 Å². The minimum atomic E-state index is -0.478. The van der Waals surface area contributed by atoms with Crippen LogP contribution in [0.2, 0.25) is 0 Å². The summed E-state index contributed by atoms with van der Waals surface area (Å²) in [5.74, 6) is 0.157. The number of hydrogen-bond donors (Lipinski definition) is 1. The fourth-order valence-corrected chi connectivity index (χ4v) is 1.23. The highest BCUT2D eigenvalue weighted by atomic mass is 16.5. The van der Waals surface area contributed by atoms with Gasteiger partial charge in [0.15, 0.2) is 5.78 Å². The molecule has 0 spiro atoms. The quantitative estimate of drug-likeness (QED) is 0.792. The van der Waals surface area contributed by atoms with Crippen molar-refractivity contribution in [3.8, 4) is 5.75 Å². The van der Waals surface area contributed by atoms with Crippen LogP contribution in [0.1, 0.15) is 30.1 Å². The van der Waals surface area contributed by atoms with Gasteiger partial charge in [-0.05, 0) is 30.7 Å². The molecule has 0 saturated heterocycles. The number of nitrogens with two attached hydrogens (primary N) is 1. The molecule has 0 unspecified atom stereocenters. The third kappa shape index (κ3) is 3.73. The molecule has 0 bridgehead atoms. The van der Waals surface area contributed by atoms with Crippen molar-refractivity contribution in [2.24, 2.45) is 5.73 Å². The summed E-state index contributed by atoms with van der Waals surface area (Å²) < 4.78 is 5.25. The van der Waals surface area contributed by atoms with Crippen molar-refractivity contribution in [3.05, 3.63) is 29.8 Å². The van der Waals surface area contributed by atoms with Gasteiger partial charge in [-0.1, -0.05) is 6.92 Å². The number of ether oxygens (including phenoxy) is 1. The molecule has 1 amide bonds. The third-order valence-corrected chi connectivity index (χ3v) is 2.07. The van der Waals surface area contributed by atoms with E-state index in [-0.39, 0.29) is 12.4 Å². The molecule has 0 radical (unpaired) electrons. The molecule has 86 valence electrons. The average molecular weight is 221 g/mol. The molecule has 2 N–H and O–H groups in total. The molecule has 4 nitrogen and oxygen atoms in total. The van der Waals surface area contributed by atoms with E-state index in [4.69, 9.17) is 10.5 Å². The number of carbonyl (C=O) groups is 2. The van der Waals surface area contributed by atoms with E-state index in [1.54, 1.807) is 24.3 Å². The summed E-state index contributed by atoms with van der Waals surface area (Å²) in [5, 5.41) is 0. The van der Waals surface area contributed by atoms with Gasteiger partial charge in [-0.2, -0.15) is 0 Å². The Morgan fingerprint density at radius 3 is 2.38 bits per heavy atom. The molecule has 16 heavy (non-hydrogen) atoms. The van der Waals surface area contributed by atoms with Gasteiger partial charge in [-0.25, -0.2) is 0 Å². The average Bonchev–Trinajstić information content (AvgIpc) is 2.27. The highest BCUT2D eigenvalue weighted by Crippen LogP contribution is 2.11. The lowest BCUT2D eigenvalue weighted by Crippen LogP contribution is -2.12. The third-order valence-electron chi connectivity index (χ3n) is 2.07. The second-order valence-corrected chi connectivity index (χ2v) is 3.47. The van der Waals surface area contributed by atoms with Gasteiger partial charge < -0.3 is 10.5 Å². The van der Waals surface area contributed by atoms with Crippen molar-refractivity contribution < 1.29 is 14.3 Å². The maximum atomic E-state index is 11.2. The van der Waals surface area contributed by atoms with Crippen LogP contribution in [0.15, 0.2) is 24.3 Å². The largest absolute Gasteiger partial charge is 0.486 e. The van der Waals surface area contributed by atoms with E-state index in [9.17, 15) is 9.59 Å². The summed E-state index contributed by atoms with van der Waals surface area (Å²) in [6, 6.07) is 6.39. The fourth-order valence-electron chi connectivity index (χ4n) is 1.23. The van der Waals surface area contributed by atoms with Gasteiger partial charge in [0.1, 0.15) is 12.4 Å². The Hall–Kier alpha value is -1.84. The molecule has 0 aliphatic rings. The molecule has 0 aromatic heterocycles. The zero-order valence-corrected chi connectivity index (χ0v) is 9.23. The zero-order chi connectivity index (χ0) is 12.0. The van der Waals surface area contributed by atoms with Crippen molar-refractivity contribution in [1.82, 2.24) is 0 Å². The lowest BCUT2D eigenvalue weighted by atomic mass is 10.2. The second kappa shape index (κ2) is 5.90. The summed E-state index contributed by atoms with van der Waals surface area (Å²) >= 11 is 0. The summed E-state index contributed by atoms with van der Waals surface area (Å²) in [4.78, 5) is 22.0. The Labute approximate surface area is 94.4 Å². The molecular weight excluding hydrogens is 206 g/mol. The van der Waals surface area contributed by atoms with Crippen LogP contribution in [0, 0.1) is 0 Å². The van der Waals surface area contributed by atoms with Gasteiger partial charge in [-0.3, -0.25) is 9.59 Å². The number of carbonyl (C=O) groups excluding carboxylic acids is 2. The van der Waals surface area contributed by atoms with Crippen molar-refractivity contribution >= 4 is 11.7 Å². The van der Waals surface area contributed by atoms with Crippen LogP contribution in [0.3, 0.4) is 0 Å². The molecule has 0 fully saturated rings. The molecule has 0 atom stereocenters. The van der Waals surface area contributed by atoms with Gasteiger partial charge in [0.2, 0.25) is 5.91 Å². The van der Waals surface area contributed by atoms with Crippen molar-refractivity contribution in [3.63, 3.8) is 0 Å². The SMILES string of the molecule is CCCC(=O)COc1ccc(C(N)=O)cc1. The Kier molecular flexibility index (Phi) is 4.51. The first-order chi connectivity index (χ1) is 7.63. The van der Waals surface area contributed by atoms with Gasteiger partial charge in [-0.15, -0.1) is 0 Å². The van der Waals surface area contributed by atoms with E-state index >= 15 is 0 Å². The monoisotopic (exact) mass is 221 g/mol. The minimum absolute atomic E-state index is 0.0708. The molecule has 0 aliphatic heterocycles. The molecule has 0 saturated carbocycles. The minimum Gasteiger partial charge on any atom is -0.486 e. The lowest BCUT2D eigenvalue weighted by molar-refractivity contribution is -0.121. The van der Waals surface area contributed by atoms with Gasteiger partial charge >= 0.3 is 0 Å². The molecule has 1 aromatic rings. The van der Waals surface area contributed by atoms with Crippen LogP contribution >= 0.6 is 0 Å². The first-order valence-corrected chi connectivity index (χ1v) is 5.18. The van der Waals surface area contributed by atoms with Crippen LogP contribution in [0.4, 0.5) is 0 Å². The normalized spacial score (nSPS) is 9.81. The first kappa shape index (κ1) is 12.2. The van der Waals surface area contributed by atoms with E-state index in [2.05, 4.69) is 0 Å². The maximum Gasteiger partial charge on any atom is 0.248 e. The summed E-state index contributed by atoms with van der Waals surface area (Å²) in [6.45, 7) is 2.02. The van der Waals surface area contributed by atoms with Crippen molar-refractivity contribution in [1.29, 1.82) is 0 Å². The summed E-state index contributed by atoms with van der Waals surface area (Å²) in [7, 11) is 0. The molecule has 1 rings (SSSR count). The number of hydrogen-bond acceptors (Lipinski definition) is 3. The molecule has 1 aromatic carbocycles. The number of Topliss-reactive ketones (excluding diaryl/α,β-unsaturated/α-hetero) is 1. The van der Waals surface area contributed by atoms with E-state index < -0.39 is 5.91 Å². The van der Waals surface area contributed by atoms with Crippen LogP contribution in [-0.4, -0.2) is 18.3 Å². The molecule has 4 heteroatoms. The number of primary amides is 1. The number of ketones is 1. The van der Waals surface area contributed by atoms with Crippen molar-refractivity contribution in [2.75, 3.05) is 6.61 Å². The van der Waals surface area contributed by atoms with Crippen LogP contribution in [0.5, 0.6) is 5.75 Å². The van der Waals surface area contributed by atoms with E-state index in [0.29, 0.717) is 17.7 Å². The number of rotatable bonds is 6. The van der Waals surface area contributed by atoms with Crippen LogP contribution < -0.4 is 10.5 Å². The highest BCUT2D eigenvalue weighted by molar-refractivity contribution is 5.92. The highest BCUT2D eigenvalue weighted by Gasteiger charge is 2.03. The Morgan fingerprint density at radius 2 is 1.88 bits per heavy atom. The van der Waals surface area contributed by atoms with Crippen LogP contribution in [0.25, 0.3) is 0 Å². The standard InChI is InChI=1S/C12H15NO3/c1-2-3-10(14)8-16-11-6-4-9(5-7-11)12(13)15/h4-7H,2-3,8H2,1H3,(H2,13,15).